The number of fused-ring (bicyclic) bond motifs is 2. The van der Waals surface area contributed by atoms with Crippen molar-refractivity contribution in [1.82, 2.24) is 0 Å². The Bertz CT molecular complexity index is 642. The SMILES string of the molecule is Cc1cc(=O)oc2cc3c(cc12)CCCN3C. The monoisotopic (exact) mass is 229 g/mol. The number of benzene rings is 1. The molecule has 0 amide bonds. The maximum absolute atomic E-state index is 11.4. The van der Waals surface area contributed by atoms with Crippen LogP contribution in [-0.2, 0) is 6.42 Å². The minimum absolute atomic E-state index is 0.270. The molecule has 0 saturated heterocycles. The van der Waals surface area contributed by atoms with E-state index in [4.69, 9.17) is 4.42 Å². The van der Waals surface area contributed by atoms with Crippen molar-refractivity contribution in [1.29, 1.82) is 0 Å². The van der Waals surface area contributed by atoms with Crippen LogP contribution in [0, 0.1) is 6.92 Å². The third-order valence-corrected chi connectivity index (χ3v) is 3.50. The summed E-state index contributed by atoms with van der Waals surface area (Å²) in [6.45, 7) is 3.02. The van der Waals surface area contributed by atoms with E-state index in [2.05, 4.69) is 18.0 Å². The van der Waals surface area contributed by atoms with Crippen molar-refractivity contribution in [2.45, 2.75) is 19.8 Å². The quantitative estimate of drug-likeness (QED) is 0.651. The molecule has 0 atom stereocenters. The summed E-state index contributed by atoms with van der Waals surface area (Å²) in [5.74, 6) is 0. The maximum atomic E-state index is 11.4. The Morgan fingerprint density at radius 2 is 2.12 bits per heavy atom. The first-order valence-corrected chi connectivity index (χ1v) is 5.94. The molecule has 1 aliphatic heterocycles. The van der Waals surface area contributed by atoms with Crippen LogP contribution in [0.4, 0.5) is 5.69 Å². The molecule has 3 heteroatoms. The topological polar surface area (TPSA) is 33.5 Å². The summed E-state index contributed by atoms with van der Waals surface area (Å²) in [7, 11) is 2.08. The Hall–Kier alpha value is -1.77. The zero-order chi connectivity index (χ0) is 12.0. The molecule has 0 aliphatic carbocycles. The molecule has 0 fully saturated rings. The fourth-order valence-corrected chi connectivity index (χ4v) is 2.58. The Kier molecular flexibility index (Phi) is 2.21. The summed E-state index contributed by atoms with van der Waals surface area (Å²) in [6.07, 6.45) is 2.29. The van der Waals surface area contributed by atoms with Crippen molar-refractivity contribution in [3.63, 3.8) is 0 Å². The van der Waals surface area contributed by atoms with E-state index in [9.17, 15) is 4.79 Å². The van der Waals surface area contributed by atoms with E-state index in [1.54, 1.807) is 6.07 Å². The highest BCUT2D eigenvalue weighted by atomic mass is 16.4. The van der Waals surface area contributed by atoms with Crippen LogP contribution in [0.2, 0.25) is 0 Å². The van der Waals surface area contributed by atoms with E-state index < -0.39 is 0 Å². The molecule has 1 aromatic heterocycles. The van der Waals surface area contributed by atoms with Crippen LogP contribution in [0.1, 0.15) is 17.5 Å². The molecule has 3 nitrogen and oxygen atoms in total. The number of rotatable bonds is 0. The molecule has 2 aromatic rings. The number of hydrogen-bond acceptors (Lipinski definition) is 3. The van der Waals surface area contributed by atoms with Gasteiger partial charge in [0, 0.05) is 36.8 Å². The van der Waals surface area contributed by atoms with Crippen LogP contribution in [0.25, 0.3) is 11.0 Å². The van der Waals surface area contributed by atoms with Gasteiger partial charge in [-0.1, -0.05) is 0 Å². The lowest BCUT2D eigenvalue weighted by molar-refractivity contribution is 0.559. The van der Waals surface area contributed by atoms with Gasteiger partial charge in [0.1, 0.15) is 5.58 Å². The lowest BCUT2D eigenvalue weighted by Gasteiger charge is -2.27. The van der Waals surface area contributed by atoms with Gasteiger partial charge in [0.05, 0.1) is 0 Å². The second-order valence-corrected chi connectivity index (χ2v) is 4.75. The standard InChI is InChI=1S/C14H15NO2/c1-9-6-14(16)17-13-8-12-10(7-11(9)13)4-3-5-15(12)2/h6-8H,3-5H2,1-2H3. The van der Waals surface area contributed by atoms with Gasteiger partial charge in [-0.3, -0.25) is 0 Å². The molecule has 3 rings (SSSR count). The second-order valence-electron chi connectivity index (χ2n) is 4.75. The van der Waals surface area contributed by atoms with E-state index in [-0.39, 0.29) is 5.63 Å². The summed E-state index contributed by atoms with van der Waals surface area (Å²) >= 11 is 0. The average Bonchev–Trinajstić information content (AvgIpc) is 2.28. The van der Waals surface area contributed by atoms with E-state index in [1.165, 1.54) is 17.7 Å². The van der Waals surface area contributed by atoms with E-state index in [1.807, 2.05) is 13.0 Å². The Morgan fingerprint density at radius 3 is 2.94 bits per heavy atom. The molecule has 88 valence electrons. The number of nitrogens with zero attached hydrogens (tertiary/aromatic N) is 1. The van der Waals surface area contributed by atoms with Gasteiger partial charge in [-0.2, -0.15) is 0 Å². The zero-order valence-electron chi connectivity index (χ0n) is 10.1. The molecule has 1 aliphatic rings. The molecule has 0 N–H and O–H groups in total. The van der Waals surface area contributed by atoms with Crippen molar-refractivity contribution >= 4 is 16.7 Å². The predicted molar refractivity (Wildman–Crippen MR) is 68.8 cm³/mol. The fourth-order valence-electron chi connectivity index (χ4n) is 2.58. The molecule has 2 heterocycles. The van der Waals surface area contributed by atoms with Crippen molar-refractivity contribution < 1.29 is 4.42 Å². The molecule has 0 radical (unpaired) electrons. The van der Waals surface area contributed by atoms with E-state index in [0.717, 1.165) is 23.9 Å². The summed E-state index contributed by atoms with van der Waals surface area (Å²) in [6, 6.07) is 5.72. The zero-order valence-corrected chi connectivity index (χ0v) is 10.1. The van der Waals surface area contributed by atoms with Crippen LogP contribution in [-0.4, -0.2) is 13.6 Å². The van der Waals surface area contributed by atoms with Crippen LogP contribution in [0.15, 0.2) is 27.4 Å². The van der Waals surface area contributed by atoms with E-state index >= 15 is 0 Å². The van der Waals surface area contributed by atoms with Gasteiger partial charge in [-0.15, -0.1) is 0 Å². The Labute approximate surface area is 99.7 Å². The minimum Gasteiger partial charge on any atom is -0.423 e. The summed E-state index contributed by atoms with van der Waals surface area (Å²) in [5, 5.41) is 1.05. The van der Waals surface area contributed by atoms with Crippen LogP contribution in [0.3, 0.4) is 0 Å². The molecule has 1 aromatic carbocycles. The summed E-state index contributed by atoms with van der Waals surface area (Å²) in [4.78, 5) is 13.6. The first-order valence-electron chi connectivity index (χ1n) is 5.94. The van der Waals surface area contributed by atoms with Gasteiger partial charge in [0.15, 0.2) is 0 Å². The smallest absolute Gasteiger partial charge is 0.336 e. The normalized spacial score (nSPS) is 15.1. The fraction of sp³-hybridized carbons (Fsp3) is 0.357. The van der Waals surface area contributed by atoms with Gasteiger partial charge in [-0.05, 0) is 37.0 Å². The molecule has 0 unspecified atom stereocenters. The molecule has 0 saturated carbocycles. The molecule has 0 bridgehead atoms. The van der Waals surface area contributed by atoms with Gasteiger partial charge in [-0.25, -0.2) is 4.79 Å². The molecule has 17 heavy (non-hydrogen) atoms. The van der Waals surface area contributed by atoms with Crippen LogP contribution < -0.4 is 10.5 Å². The van der Waals surface area contributed by atoms with E-state index in [0.29, 0.717) is 5.58 Å². The predicted octanol–water partition coefficient (Wildman–Crippen LogP) is 2.48. The maximum Gasteiger partial charge on any atom is 0.336 e. The Morgan fingerprint density at radius 1 is 1.29 bits per heavy atom. The Balaban J connectivity index is 2.35. The summed E-state index contributed by atoms with van der Waals surface area (Å²) < 4.78 is 5.27. The van der Waals surface area contributed by atoms with Crippen molar-refractivity contribution in [3.8, 4) is 0 Å². The number of hydrogen-bond donors (Lipinski definition) is 0. The highest BCUT2D eigenvalue weighted by Gasteiger charge is 2.16. The number of aryl methyl sites for hydroxylation is 2. The molecule has 0 spiro atoms. The van der Waals surface area contributed by atoms with Gasteiger partial charge < -0.3 is 9.32 Å². The second kappa shape index (κ2) is 3.62. The van der Waals surface area contributed by atoms with Crippen molar-refractivity contribution in [2.24, 2.45) is 0 Å². The van der Waals surface area contributed by atoms with Gasteiger partial charge in [0.2, 0.25) is 0 Å². The third-order valence-electron chi connectivity index (χ3n) is 3.50. The van der Waals surface area contributed by atoms with Crippen molar-refractivity contribution in [3.05, 3.63) is 39.7 Å². The highest BCUT2D eigenvalue weighted by molar-refractivity contribution is 5.85. The first-order chi connectivity index (χ1) is 8.15. The van der Waals surface area contributed by atoms with Crippen LogP contribution >= 0.6 is 0 Å². The first kappa shape index (κ1) is 10.4. The highest BCUT2D eigenvalue weighted by Crippen LogP contribution is 2.31. The minimum atomic E-state index is -0.270. The average molecular weight is 229 g/mol. The third kappa shape index (κ3) is 1.62. The van der Waals surface area contributed by atoms with Gasteiger partial charge in [0.25, 0.3) is 0 Å². The largest absolute Gasteiger partial charge is 0.423 e. The lowest BCUT2D eigenvalue weighted by Crippen LogP contribution is -2.24. The molecular formula is C14H15NO2. The summed E-state index contributed by atoms with van der Waals surface area (Å²) in [5.41, 5.74) is 3.96. The van der Waals surface area contributed by atoms with Crippen LogP contribution in [0.5, 0.6) is 0 Å². The lowest BCUT2D eigenvalue weighted by atomic mass is 9.99. The molecular weight excluding hydrogens is 214 g/mol. The van der Waals surface area contributed by atoms with Gasteiger partial charge >= 0.3 is 5.63 Å². The number of anilines is 1. The van der Waals surface area contributed by atoms with Crippen molar-refractivity contribution in [2.75, 3.05) is 18.5 Å².